The Hall–Kier alpha value is -3.20. The van der Waals surface area contributed by atoms with Gasteiger partial charge in [0.15, 0.2) is 0 Å². The molecule has 1 heterocycles. The molecule has 0 bridgehead atoms. The first-order valence-electron chi connectivity index (χ1n) is 15.2. The predicted molar refractivity (Wildman–Crippen MR) is 185 cm³/mol. The topological polar surface area (TPSA) is 0 Å². The van der Waals surface area contributed by atoms with Crippen LogP contribution in [-0.4, -0.2) is 6.71 Å². The Morgan fingerprint density at radius 1 is 0.524 bits per heavy atom. The zero-order valence-corrected chi connectivity index (χ0v) is 27.1. The number of hydrogen-bond acceptors (Lipinski definition) is 0. The van der Waals surface area contributed by atoms with Gasteiger partial charge in [-0.1, -0.05) is 142 Å². The van der Waals surface area contributed by atoms with E-state index in [9.17, 15) is 0 Å². The molecule has 5 aromatic rings. The van der Waals surface area contributed by atoms with Gasteiger partial charge in [-0.2, -0.15) is 0 Å². The van der Waals surface area contributed by atoms with Crippen LogP contribution >= 0.6 is 21.6 Å². The monoisotopic (exact) mass is 586 g/mol. The lowest BCUT2D eigenvalue weighted by atomic mass is 9.34. The van der Waals surface area contributed by atoms with E-state index in [0.717, 1.165) is 5.02 Å². The van der Waals surface area contributed by atoms with Crippen molar-refractivity contribution in [1.82, 2.24) is 0 Å². The van der Waals surface area contributed by atoms with E-state index >= 15 is 0 Å². The second kappa shape index (κ2) is 11.5. The van der Waals surface area contributed by atoms with E-state index in [0.29, 0.717) is 17.8 Å². The fourth-order valence-electron chi connectivity index (χ4n) is 6.84. The molecule has 0 aliphatic carbocycles. The summed E-state index contributed by atoms with van der Waals surface area (Å²) in [7, 11) is -1.81. The van der Waals surface area contributed by atoms with Crippen LogP contribution in [0.5, 0.6) is 0 Å². The van der Waals surface area contributed by atoms with Crippen molar-refractivity contribution >= 4 is 44.7 Å². The molecule has 212 valence electrons. The third kappa shape index (κ3) is 4.64. The highest BCUT2D eigenvalue weighted by molar-refractivity contribution is 8.34. The molecule has 0 atom stereocenters. The Morgan fingerprint density at radius 3 is 1.55 bits per heavy atom. The second-order valence-electron chi connectivity index (χ2n) is 12.5. The van der Waals surface area contributed by atoms with Crippen LogP contribution in [0, 0.1) is 0 Å². The van der Waals surface area contributed by atoms with Crippen LogP contribution in [0.1, 0.15) is 76.0 Å². The number of rotatable bonds is 6. The minimum absolute atomic E-state index is 0.123. The Morgan fingerprint density at radius 2 is 1.02 bits per heavy atom. The Balaban J connectivity index is 1.80. The zero-order chi connectivity index (χ0) is 29.6. The molecule has 0 saturated heterocycles. The van der Waals surface area contributed by atoms with Gasteiger partial charge < -0.3 is 0 Å². The minimum atomic E-state index is -1.81. The van der Waals surface area contributed by atoms with Crippen molar-refractivity contribution in [3.05, 3.63) is 137 Å². The molecule has 0 unspecified atom stereocenters. The van der Waals surface area contributed by atoms with Gasteiger partial charge >= 0.3 is 0 Å². The molecule has 0 N–H and O–H groups in total. The predicted octanol–water partition coefficient (Wildman–Crippen LogP) is 9.88. The molecule has 0 saturated carbocycles. The Labute approximate surface area is 259 Å². The smallest absolute Gasteiger partial charge is 0.134 e. The number of halogens is 1. The largest absolute Gasteiger partial charge is 0.244 e. The van der Waals surface area contributed by atoms with Crippen LogP contribution < -0.4 is 16.4 Å². The van der Waals surface area contributed by atoms with E-state index in [-0.39, 0.29) is 6.71 Å². The average Bonchev–Trinajstić information content (AvgIpc) is 3.00. The molecule has 1 aliphatic heterocycles. The van der Waals surface area contributed by atoms with Gasteiger partial charge in [-0.15, -0.1) is 10.0 Å². The maximum absolute atomic E-state index is 6.93. The summed E-state index contributed by atoms with van der Waals surface area (Å²) in [6.45, 7) is 14.2. The molecule has 5 aromatic carbocycles. The molecule has 0 aromatic heterocycles. The summed E-state index contributed by atoms with van der Waals surface area (Å²) in [5.41, 5.74) is 8.63. The van der Waals surface area contributed by atoms with Crippen molar-refractivity contribution in [2.75, 3.05) is 0 Å². The van der Waals surface area contributed by atoms with Gasteiger partial charge in [-0.05, 0) is 86.7 Å². The lowest BCUT2D eigenvalue weighted by Crippen LogP contribution is -2.59. The van der Waals surface area contributed by atoms with Gasteiger partial charge in [-0.3, -0.25) is 0 Å². The lowest BCUT2D eigenvalue weighted by molar-refractivity contribution is 0.812. The van der Waals surface area contributed by atoms with Crippen molar-refractivity contribution in [3.63, 3.8) is 0 Å². The molecule has 0 amide bonds. The van der Waals surface area contributed by atoms with Gasteiger partial charge in [0.05, 0.1) is 0 Å². The first kappa shape index (κ1) is 28.9. The van der Waals surface area contributed by atoms with Gasteiger partial charge in [0.1, 0.15) is 0 Å². The van der Waals surface area contributed by atoms with E-state index in [2.05, 4.69) is 157 Å². The number of fused-ring (bicyclic) bond motifs is 2. The standard InChI is InChI=1S/C39H40BClS/c1-26(2)29-23-33(27(3)4)39(34(24-29)28(5)6)40-35-19-13-14-20-37(35)42(31-15-9-7-10-16-31,32-17-11-8-12-18-32)38-25-30(41)21-22-36(38)40/h7-28H,1-6H3. The molecule has 6 rings (SSSR count). The van der Waals surface area contributed by atoms with Crippen LogP contribution in [0.3, 0.4) is 0 Å². The first-order valence-corrected chi connectivity index (χ1v) is 17.3. The lowest BCUT2D eigenvalue weighted by Gasteiger charge is -2.49. The Bertz CT molecular complexity index is 1650. The van der Waals surface area contributed by atoms with Gasteiger partial charge in [0.2, 0.25) is 6.71 Å². The highest BCUT2D eigenvalue weighted by Crippen LogP contribution is 2.73. The summed E-state index contributed by atoms with van der Waals surface area (Å²) in [5.74, 6) is 1.29. The maximum atomic E-state index is 6.93. The maximum Gasteiger partial charge on any atom is 0.244 e. The third-order valence-corrected chi connectivity index (χ3v) is 13.1. The van der Waals surface area contributed by atoms with Crippen LogP contribution in [0.4, 0.5) is 0 Å². The summed E-state index contributed by atoms with van der Waals surface area (Å²) in [4.78, 5) is 5.45. The second-order valence-corrected chi connectivity index (χ2v) is 16.0. The van der Waals surface area contributed by atoms with Crippen molar-refractivity contribution in [1.29, 1.82) is 0 Å². The molecular weight excluding hydrogens is 547 g/mol. The van der Waals surface area contributed by atoms with Crippen LogP contribution in [0.25, 0.3) is 0 Å². The summed E-state index contributed by atoms with van der Waals surface area (Å²) < 4.78 is 0. The fourth-order valence-corrected chi connectivity index (χ4v) is 11.4. The normalized spacial score (nSPS) is 14.7. The number of benzene rings is 5. The highest BCUT2D eigenvalue weighted by Gasteiger charge is 2.45. The van der Waals surface area contributed by atoms with E-state index < -0.39 is 10.0 Å². The average molecular weight is 587 g/mol. The van der Waals surface area contributed by atoms with Gasteiger partial charge in [0, 0.05) is 14.8 Å². The summed E-state index contributed by atoms with van der Waals surface area (Å²) in [6.07, 6.45) is 0. The van der Waals surface area contributed by atoms with Crippen LogP contribution in [-0.2, 0) is 0 Å². The quantitative estimate of drug-likeness (QED) is 0.170. The van der Waals surface area contributed by atoms with Gasteiger partial charge in [0.25, 0.3) is 0 Å². The molecule has 0 fully saturated rings. The van der Waals surface area contributed by atoms with E-state index in [4.69, 9.17) is 11.6 Å². The summed E-state index contributed by atoms with van der Waals surface area (Å²) >= 11 is 6.93. The summed E-state index contributed by atoms with van der Waals surface area (Å²) in [5, 5.41) is 0.791. The fraction of sp³-hybridized carbons (Fsp3) is 0.231. The molecule has 0 radical (unpaired) electrons. The van der Waals surface area contributed by atoms with Crippen LogP contribution in [0.15, 0.2) is 135 Å². The highest BCUT2D eigenvalue weighted by atomic mass is 35.5. The third-order valence-electron chi connectivity index (χ3n) is 8.84. The van der Waals surface area contributed by atoms with Crippen molar-refractivity contribution in [2.45, 2.75) is 78.9 Å². The van der Waals surface area contributed by atoms with Crippen molar-refractivity contribution in [3.8, 4) is 0 Å². The molecule has 1 aliphatic rings. The minimum Gasteiger partial charge on any atom is -0.134 e. The molecular formula is C39H40BClS. The molecule has 0 spiro atoms. The van der Waals surface area contributed by atoms with Crippen molar-refractivity contribution in [2.24, 2.45) is 0 Å². The first-order chi connectivity index (χ1) is 20.2. The molecule has 42 heavy (non-hydrogen) atoms. The molecule has 0 nitrogen and oxygen atoms in total. The van der Waals surface area contributed by atoms with E-state index in [1.807, 2.05) is 0 Å². The zero-order valence-electron chi connectivity index (χ0n) is 25.6. The van der Waals surface area contributed by atoms with Gasteiger partial charge in [-0.25, -0.2) is 0 Å². The van der Waals surface area contributed by atoms with E-state index in [1.54, 1.807) is 0 Å². The Kier molecular flexibility index (Phi) is 7.90. The summed E-state index contributed by atoms with van der Waals surface area (Å²) in [6, 6.07) is 43.2. The van der Waals surface area contributed by atoms with Crippen LogP contribution in [0.2, 0.25) is 5.02 Å². The number of hydrogen-bond donors (Lipinski definition) is 0. The van der Waals surface area contributed by atoms with Crippen molar-refractivity contribution < 1.29 is 0 Å². The SMILES string of the molecule is CC(C)c1cc(C(C)C)c(B2c3ccccc3S(c3ccccc3)(c3ccccc3)c3cc(Cl)ccc32)c(C(C)C)c1. The van der Waals surface area contributed by atoms with E-state index in [1.165, 1.54) is 52.7 Å². The molecule has 3 heteroatoms.